The van der Waals surface area contributed by atoms with Gasteiger partial charge in [0.05, 0.1) is 6.10 Å². The Kier molecular flexibility index (Phi) is 4.78. The summed E-state index contributed by atoms with van der Waals surface area (Å²) in [5, 5.41) is 17.8. The largest absolute Gasteiger partial charge is 0.393 e. The third-order valence-electron chi connectivity index (χ3n) is 2.23. The first-order valence-electron chi connectivity index (χ1n) is 5.25. The standard InChI is InChI=1S/C11H13FN2O3S/c1-8(15)5-6-14-18(16,17)11-4-2-3-10(12)9(11)7-13/h2-4,8,14-15H,5-6H2,1H3. The molecule has 2 N–H and O–H groups in total. The number of sulfonamides is 1. The molecular formula is C11H13FN2O3S. The predicted octanol–water partition coefficient (Wildman–Crippen LogP) is 0.747. The minimum Gasteiger partial charge on any atom is -0.393 e. The average Bonchev–Trinajstić information content (AvgIpc) is 2.27. The lowest BCUT2D eigenvalue weighted by Gasteiger charge is -2.09. The lowest BCUT2D eigenvalue weighted by molar-refractivity contribution is 0.186. The first-order chi connectivity index (χ1) is 8.38. The van der Waals surface area contributed by atoms with Crippen LogP contribution in [0.4, 0.5) is 4.39 Å². The molecule has 0 aliphatic rings. The van der Waals surface area contributed by atoms with Crippen molar-refractivity contribution < 1.29 is 17.9 Å². The maximum Gasteiger partial charge on any atom is 0.241 e. The van der Waals surface area contributed by atoms with Gasteiger partial charge in [-0.2, -0.15) is 5.26 Å². The maximum atomic E-state index is 13.3. The zero-order chi connectivity index (χ0) is 13.8. The summed E-state index contributed by atoms with van der Waals surface area (Å²) < 4.78 is 39.1. The van der Waals surface area contributed by atoms with E-state index in [-0.39, 0.29) is 13.0 Å². The van der Waals surface area contributed by atoms with Crippen molar-refractivity contribution in [3.63, 3.8) is 0 Å². The molecular weight excluding hydrogens is 259 g/mol. The van der Waals surface area contributed by atoms with Crippen LogP contribution in [-0.2, 0) is 10.0 Å². The van der Waals surface area contributed by atoms with E-state index >= 15 is 0 Å². The smallest absolute Gasteiger partial charge is 0.241 e. The molecule has 0 heterocycles. The molecule has 1 aromatic carbocycles. The Balaban J connectivity index is 3.00. The summed E-state index contributed by atoms with van der Waals surface area (Å²) in [5.74, 6) is -0.879. The van der Waals surface area contributed by atoms with E-state index in [0.717, 1.165) is 12.1 Å². The van der Waals surface area contributed by atoms with Gasteiger partial charge in [0, 0.05) is 6.54 Å². The summed E-state index contributed by atoms with van der Waals surface area (Å²) in [7, 11) is -3.94. The highest BCUT2D eigenvalue weighted by atomic mass is 32.2. The van der Waals surface area contributed by atoms with Crippen molar-refractivity contribution in [2.24, 2.45) is 0 Å². The molecule has 0 radical (unpaired) electrons. The van der Waals surface area contributed by atoms with Crippen LogP contribution in [0.15, 0.2) is 23.1 Å². The molecule has 0 amide bonds. The van der Waals surface area contributed by atoms with Crippen LogP contribution < -0.4 is 4.72 Å². The summed E-state index contributed by atoms with van der Waals surface area (Å²) in [6.45, 7) is 1.54. The van der Waals surface area contributed by atoms with Crippen LogP contribution in [-0.4, -0.2) is 26.2 Å². The average molecular weight is 272 g/mol. The van der Waals surface area contributed by atoms with Crippen LogP contribution in [0.25, 0.3) is 0 Å². The molecule has 0 aliphatic heterocycles. The summed E-state index contributed by atoms with van der Waals surface area (Å²) >= 11 is 0. The van der Waals surface area contributed by atoms with Gasteiger partial charge in [-0.25, -0.2) is 17.5 Å². The Morgan fingerprint density at radius 1 is 1.56 bits per heavy atom. The summed E-state index contributed by atoms with van der Waals surface area (Å²) in [4.78, 5) is -0.393. The van der Waals surface area contributed by atoms with Gasteiger partial charge in [-0.15, -0.1) is 0 Å². The molecule has 1 unspecified atom stereocenters. The maximum absolute atomic E-state index is 13.3. The Morgan fingerprint density at radius 3 is 2.78 bits per heavy atom. The SMILES string of the molecule is CC(O)CCNS(=O)(=O)c1cccc(F)c1C#N. The molecule has 0 saturated carbocycles. The van der Waals surface area contributed by atoms with Crippen molar-refractivity contribution in [2.75, 3.05) is 6.54 Å². The fourth-order valence-corrected chi connectivity index (χ4v) is 2.53. The molecule has 0 spiro atoms. The normalized spacial score (nSPS) is 13.0. The number of hydrogen-bond acceptors (Lipinski definition) is 4. The molecule has 0 bridgehead atoms. The molecule has 0 aromatic heterocycles. The Labute approximate surface area is 105 Å². The number of aliphatic hydroxyl groups is 1. The molecule has 5 nitrogen and oxygen atoms in total. The summed E-state index contributed by atoms with van der Waals surface area (Å²) in [5.41, 5.74) is -0.512. The van der Waals surface area contributed by atoms with Crippen molar-refractivity contribution in [3.8, 4) is 6.07 Å². The van der Waals surface area contributed by atoms with Crippen LogP contribution in [0.2, 0.25) is 0 Å². The van der Waals surface area contributed by atoms with Crippen molar-refractivity contribution in [3.05, 3.63) is 29.6 Å². The molecule has 1 rings (SSSR count). The second kappa shape index (κ2) is 5.91. The van der Waals surface area contributed by atoms with Gasteiger partial charge < -0.3 is 5.11 Å². The van der Waals surface area contributed by atoms with Gasteiger partial charge in [0.25, 0.3) is 0 Å². The first-order valence-corrected chi connectivity index (χ1v) is 6.73. The number of nitrogens with one attached hydrogen (secondary N) is 1. The number of rotatable bonds is 5. The summed E-state index contributed by atoms with van der Waals surface area (Å²) in [6.07, 6.45) is -0.410. The van der Waals surface area contributed by atoms with Crippen molar-refractivity contribution in [1.29, 1.82) is 5.26 Å². The highest BCUT2D eigenvalue weighted by Gasteiger charge is 2.20. The monoisotopic (exact) mass is 272 g/mol. The molecule has 7 heteroatoms. The number of aliphatic hydroxyl groups excluding tert-OH is 1. The fraction of sp³-hybridized carbons (Fsp3) is 0.364. The van der Waals surface area contributed by atoms with Gasteiger partial charge in [0.15, 0.2) is 0 Å². The molecule has 0 saturated heterocycles. The van der Waals surface area contributed by atoms with Gasteiger partial charge in [-0.3, -0.25) is 0 Å². The molecule has 1 aromatic rings. The van der Waals surface area contributed by atoms with Gasteiger partial charge >= 0.3 is 0 Å². The van der Waals surface area contributed by atoms with Crippen molar-refractivity contribution in [1.82, 2.24) is 4.72 Å². The van der Waals surface area contributed by atoms with Gasteiger partial charge in [-0.1, -0.05) is 6.07 Å². The van der Waals surface area contributed by atoms with E-state index in [4.69, 9.17) is 10.4 Å². The van der Waals surface area contributed by atoms with Crippen LogP contribution in [0.1, 0.15) is 18.9 Å². The van der Waals surface area contributed by atoms with Crippen LogP contribution >= 0.6 is 0 Å². The lowest BCUT2D eigenvalue weighted by atomic mass is 10.2. The second-order valence-electron chi connectivity index (χ2n) is 3.76. The van der Waals surface area contributed by atoms with Crippen LogP contribution in [0, 0.1) is 17.1 Å². The van der Waals surface area contributed by atoms with E-state index in [1.807, 2.05) is 0 Å². The number of nitrogens with zero attached hydrogens (tertiary/aromatic N) is 1. The minimum atomic E-state index is -3.94. The van der Waals surface area contributed by atoms with Crippen LogP contribution in [0.3, 0.4) is 0 Å². The Bertz CT molecular complexity index is 564. The third-order valence-corrected chi connectivity index (χ3v) is 3.73. The van der Waals surface area contributed by atoms with E-state index in [2.05, 4.69) is 4.72 Å². The van der Waals surface area contributed by atoms with Gasteiger partial charge in [-0.05, 0) is 25.5 Å². The quantitative estimate of drug-likeness (QED) is 0.827. The molecule has 0 fully saturated rings. The van der Waals surface area contributed by atoms with E-state index < -0.39 is 32.4 Å². The van der Waals surface area contributed by atoms with E-state index in [1.54, 1.807) is 0 Å². The van der Waals surface area contributed by atoms with Crippen molar-refractivity contribution in [2.45, 2.75) is 24.3 Å². The van der Waals surface area contributed by atoms with E-state index in [9.17, 15) is 12.8 Å². The second-order valence-corrected chi connectivity index (χ2v) is 5.50. The Morgan fingerprint density at radius 2 is 2.22 bits per heavy atom. The molecule has 0 aliphatic carbocycles. The van der Waals surface area contributed by atoms with E-state index in [1.165, 1.54) is 19.1 Å². The number of nitriles is 1. The molecule has 98 valence electrons. The predicted molar refractivity (Wildman–Crippen MR) is 62.6 cm³/mol. The fourth-order valence-electron chi connectivity index (χ4n) is 1.32. The first kappa shape index (κ1) is 14.6. The van der Waals surface area contributed by atoms with Gasteiger partial charge in [0.1, 0.15) is 22.3 Å². The lowest BCUT2D eigenvalue weighted by Crippen LogP contribution is -2.27. The molecule has 1 atom stereocenters. The minimum absolute atomic E-state index is 0.0153. The van der Waals surface area contributed by atoms with E-state index in [0.29, 0.717) is 0 Å². The number of benzene rings is 1. The molecule has 18 heavy (non-hydrogen) atoms. The topological polar surface area (TPSA) is 90.2 Å². The number of hydrogen-bond donors (Lipinski definition) is 2. The van der Waals surface area contributed by atoms with Gasteiger partial charge in [0.2, 0.25) is 10.0 Å². The highest BCUT2D eigenvalue weighted by molar-refractivity contribution is 7.89. The number of halogens is 1. The van der Waals surface area contributed by atoms with Crippen molar-refractivity contribution >= 4 is 10.0 Å². The summed E-state index contributed by atoms with van der Waals surface area (Å²) in [6, 6.07) is 4.93. The van der Waals surface area contributed by atoms with Crippen LogP contribution in [0.5, 0.6) is 0 Å². The zero-order valence-corrected chi connectivity index (χ0v) is 10.5. The highest BCUT2D eigenvalue weighted by Crippen LogP contribution is 2.17. The third kappa shape index (κ3) is 3.50. The Hall–Kier alpha value is -1.49. The zero-order valence-electron chi connectivity index (χ0n) is 9.72.